The van der Waals surface area contributed by atoms with Crippen LogP contribution in [0.2, 0.25) is 0 Å². The summed E-state index contributed by atoms with van der Waals surface area (Å²) in [6.45, 7) is 7.32. The minimum Gasteiger partial charge on any atom is -0.506 e. The lowest BCUT2D eigenvalue weighted by molar-refractivity contribution is 0.465. The van der Waals surface area contributed by atoms with Gasteiger partial charge in [0.1, 0.15) is 5.75 Å². The van der Waals surface area contributed by atoms with Crippen LogP contribution in [0.1, 0.15) is 35.1 Å². The van der Waals surface area contributed by atoms with Crippen LogP contribution in [0.25, 0.3) is 0 Å². The Kier molecular flexibility index (Phi) is 3.79. The topological polar surface area (TPSA) is 32.3 Å². The number of benzene rings is 1. The number of hydrogen-bond acceptors (Lipinski definition) is 2. The van der Waals surface area contributed by atoms with E-state index in [-0.39, 0.29) is 0 Å². The number of nitrogens with one attached hydrogen (secondary N) is 1. The first-order chi connectivity index (χ1) is 8.02. The predicted molar refractivity (Wildman–Crippen MR) is 74.7 cm³/mol. The van der Waals surface area contributed by atoms with Crippen molar-refractivity contribution < 1.29 is 5.11 Å². The average Bonchev–Trinajstić information content (AvgIpc) is 2.82. The van der Waals surface area contributed by atoms with Gasteiger partial charge in [0.05, 0.1) is 4.47 Å². The monoisotopic (exact) mass is 297 g/mol. The predicted octanol–water partition coefficient (Wildman–Crippen LogP) is 3.37. The fourth-order valence-corrected chi connectivity index (χ4v) is 3.18. The molecule has 1 heterocycles. The lowest BCUT2D eigenvalue weighted by Gasteiger charge is -2.19. The SMILES string of the molecule is Cc1c(C)c(CC2CCCN2)c(C)c(Br)c1O. The van der Waals surface area contributed by atoms with E-state index in [4.69, 9.17) is 0 Å². The lowest BCUT2D eigenvalue weighted by Crippen LogP contribution is -2.24. The molecule has 1 atom stereocenters. The molecule has 3 heteroatoms. The summed E-state index contributed by atoms with van der Waals surface area (Å²) in [5.41, 5.74) is 4.79. The molecule has 0 amide bonds. The molecule has 1 unspecified atom stereocenters. The van der Waals surface area contributed by atoms with Crippen LogP contribution >= 0.6 is 15.9 Å². The number of rotatable bonds is 2. The standard InChI is InChI=1S/C14H20BrNO/c1-8-9(2)14(17)13(15)10(3)12(8)7-11-5-4-6-16-11/h11,16-17H,4-7H2,1-3H3. The molecule has 2 N–H and O–H groups in total. The number of aromatic hydroxyl groups is 1. The van der Waals surface area contributed by atoms with Gasteiger partial charge in [-0.3, -0.25) is 0 Å². The van der Waals surface area contributed by atoms with Gasteiger partial charge in [-0.05, 0) is 84.8 Å². The maximum atomic E-state index is 9.99. The lowest BCUT2D eigenvalue weighted by atomic mass is 9.92. The first-order valence-corrected chi connectivity index (χ1v) is 7.02. The van der Waals surface area contributed by atoms with Gasteiger partial charge in [-0.1, -0.05) is 0 Å². The van der Waals surface area contributed by atoms with Crippen molar-refractivity contribution >= 4 is 15.9 Å². The number of phenolic OH excluding ortho intramolecular Hbond substituents is 1. The van der Waals surface area contributed by atoms with E-state index in [0.29, 0.717) is 11.8 Å². The van der Waals surface area contributed by atoms with Crippen molar-refractivity contribution in [2.45, 2.75) is 46.1 Å². The Balaban J connectivity index is 2.38. The molecule has 0 spiro atoms. The summed E-state index contributed by atoms with van der Waals surface area (Å²) in [5.74, 6) is 0.392. The van der Waals surface area contributed by atoms with Gasteiger partial charge in [0.15, 0.2) is 0 Å². The summed E-state index contributed by atoms with van der Waals surface area (Å²) in [4.78, 5) is 0. The van der Waals surface area contributed by atoms with E-state index < -0.39 is 0 Å². The van der Waals surface area contributed by atoms with Crippen molar-refractivity contribution in [3.8, 4) is 5.75 Å². The molecule has 0 saturated carbocycles. The van der Waals surface area contributed by atoms with Crippen molar-refractivity contribution in [1.29, 1.82) is 0 Å². The van der Waals surface area contributed by atoms with Crippen molar-refractivity contribution in [1.82, 2.24) is 5.32 Å². The highest BCUT2D eigenvalue weighted by molar-refractivity contribution is 9.10. The minimum atomic E-state index is 0.392. The molecule has 17 heavy (non-hydrogen) atoms. The van der Waals surface area contributed by atoms with Crippen LogP contribution in [-0.2, 0) is 6.42 Å². The Bertz CT molecular complexity index is 407. The van der Waals surface area contributed by atoms with Crippen molar-refractivity contribution in [3.63, 3.8) is 0 Å². The summed E-state index contributed by atoms with van der Waals surface area (Å²) in [6, 6.07) is 0.600. The van der Waals surface area contributed by atoms with Crippen LogP contribution in [0.3, 0.4) is 0 Å². The largest absolute Gasteiger partial charge is 0.506 e. The van der Waals surface area contributed by atoms with Gasteiger partial charge in [0.25, 0.3) is 0 Å². The first kappa shape index (κ1) is 12.9. The summed E-state index contributed by atoms with van der Waals surface area (Å²) >= 11 is 3.49. The van der Waals surface area contributed by atoms with Gasteiger partial charge >= 0.3 is 0 Å². The zero-order valence-corrected chi connectivity index (χ0v) is 12.3. The Hall–Kier alpha value is -0.540. The Morgan fingerprint density at radius 1 is 1.24 bits per heavy atom. The minimum absolute atomic E-state index is 0.392. The molecule has 94 valence electrons. The van der Waals surface area contributed by atoms with Gasteiger partial charge in [0.2, 0.25) is 0 Å². The Morgan fingerprint density at radius 3 is 2.53 bits per heavy atom. The molecule has 0 radical (unpaired) electrons. The van der Waals surface area contributed by atoms with E-state index >= 15 is 0 Å². The Labute approximate surface area is 112 Å². The maximum absolute atomic E-state index is 9.99. The van der Waals surface area contributed by atoms with Crippen LogP contribution < -0.4 is 5.32 Å². The van der Waals surface area contributed by atoms with Crippen LogP contribution in [0.4, 0.5) is 0 Å². The van der Waals surface area contributed by atoms with E-state index in [1.54, 1.807) is 0 Å². The smallest absolute Gasteiger partial charge is 0.133 e. The summed E-state index contributed by atoms with van der Waals surface area (Å²) in [6.07, 6.45) is 3.61. The second-order valence-electron chi connectivity index (χ2n) is 5.01. The molecule has 2 nitrogen and oxygen atoms in total. The highest BCUT2D eigenvalue weighted by Gasteiger charge is 2.20. The molecule has 1 aromatic carbocycles. The molecule has 1 saturated heterocycles. The quantitative estimate of drug-likeness (QED) is 0.877. The molecular formula is C14H20BrNO. The van der Waals surface area contributed by atoms with Crippen LogP contribution in [0.15, 0.2) is 4.47 Å². The summed E-state index contributed by atoms with van der Waals surface area (Å²) in [7, 11) is 0. The van der Waals surface area contributed by atoms with Gasteiger partial charge < -0.3 is 10.4 Å². The highest BCUT2D eigenvalue weighted by atomic mass is 79.9. The van der Waals surface area contributed by atoms with Crippen molar-refractivity contribution in [2.75, 3.05) is 6.54 Å². The second kappa shape index (κ2) is 4.99. The summed E-state index contributed by atoms with van der Waals surface area (Å²) in [5, 5.41) is 13.5. The molecule has 0 aliphatic carbocycles. The van der Waals surface area contributed by atoms with Crippen molar-refractivity contribution in [2.24, 2.45) is 0 Å². The average molecular weight is 298 g/mol. The molecule has 1 aromatic rings. The molecule has 1 fully saturated rings. The molecular weight excluding hydrogens is 278 g/mol. The highest BCUT2D eigenvalue weighted by Crippen LogP contribution is 2.36. The fourth-order valence-electron chi connectivity index (χ4n) is 2.64. The van der Waals surface area contributed by atoms with Crippen LogP contribution in [-0.4, -0.2) is 17.7 Å². The molecule has 2 rings (SSSR count). The zero-order chi connectivity index (χ0) is 12.6. The molecule has 1 aliphatic rings. The normalized spacial score (nSPS) is 19.9. The molecule has 0 aromatic heterocycles. The van der Waals surface area contributed by atoms with Crippen molar-refractivity contribution in [3.05, 3.63) is 26.7 Å². The zero-order valence-electron chi connectivity index (χ0n) is 10.7. The number of hydrogen-bond donors (Lipinski definition) is 2. The van der Waals surface area contributed by atoms with Gasteiger partial charge in [-0.15, -0.1) is 0 Å². The molecule has 1 aliphatic heterocycles. The van der Waals surface area contributed by atoms with E-state index in [1.807, 2.05) is 6.92 Å². The van der Waals surface area contributed by atoms with Crippen LogP contribution in [0, 0.1) is 20.8 Å². The number of phenols is 1. The van der Waals surface area contributed by atoms with E-state index in [0.717, 1.165) is 23.0 Å². The third-order valence-corrected chi connectivity index (χ3v) is 4.94. The van der Waals surface area contributed by atoms with E-state index in [9.17, 15) is 5.11 Å². The summed E-state index contributed by atoms with van der Waals surface area (Å²) < 4.78 is 0.855. The first-order valence-electron chi connectivity index (χ1n) is 6.22. The molecule has 0 bridgehead atoms. The second-order valence-corrected chi connectivity index (χ2v) is 5.81. The third kappa shape index (κ3) is 2.36. The van der Waals surface area contributed by atoms with E-state index in [2.05, 4.69) is 35.1 Å². The van der Waals surface area contributed by atoms with Crippen LogP contribution in [0.5, 0.6) is 5.75 Å². The third-order valence-electron chi connectivity index (χ3n) is 3.97. The number of halogens is 1. The maximum Gasteiger partial charge on any atom is 0.133 e. The van der Waals surface area contributed by atoms with Gasteiger partial charge in [-0.25, -0.2) is 0 Å². The fraction of sp³-hybridized carbons (Fsp3) is 0.571. The van der Waals surface area contributed by atoms with Gasteiger partial charge in [0, 0.05) is 6.04 Å². The van der Waals surface area contributed by atoms with E-state index in [1.165, 1.54) is 29.5 Å². The Morgan fingerprint density at radius 2 is 1.94 bits per heavy atom. The van der Waals surface area contributed by atoms with Gasteiger partial charge in [-0.2, -0.15) is 0 Å².